The minimum absolute atomic E-state index is 0.0703. The van der Waals surface area contributed by atoms with Crippen LogP contribution < -0.4 is 5.32 Å². The van der Waals surface area contributed by atoms with Gasteiger partial charge in [-0.15, -0.1) is 0 Å². The summed E-state index contributed by atoms with van der Waals surface area (Å²) in [6.07, 6.45) is 5.33. The molecule has 2 saturated heterocycles. The third kappa shape index (κ3) is 4.12. The van der Waals surface area contributed by atoms with Gasteiger partial charge in [0.15, 0.2) is 0 Å². The molecule has 7 nitrogen and oxygen atoms in total. The van der Waals surface area contributed by atoms with E-state index < -0.39 is 10.0 Å². The number of hydrogen-bond donors (Lipinski definition) is 1. The summed E-state index contributed by atoms with van der Waals surface area (Å²) in [6.45, 7) is 3.63. The molecular formula is C23H28N4O3S. The molecule has 1 unspecified atom stereocenters. The predicted octanol–water partition coefficient (Wildman–Crippen LogP) is 1.73. The van der Waals surface area contributed by atoms with Crippen molar-refractivity contribution in [3.63, 3.8) is 0 Å². The largest absolute Gasteiger partial charge is 0.356 e. The fourth-order valence-electron chi connectivity index (χ4n) is 4.88. The maximum Gasteiger partial charge on any atom is 0.244 e. The first kappa shape index (κ1) is 20.6. The van der Waals surface area contributed by atoms with E-state index in [1.54, 1.807) is 18.3 Å². The van der Waals surface area contributed by atoms with Crippen molar-refractivity contribution in [2.75, 3.05) is 32.7 Å². The van der Waals surface area contributed by atoms with Gasteiger partial charge in [0.1, 0.15) is 4.90 Å². The van der Waals surface area contributed by atoms with E-state index in [1.165, 1.54) is 28.9 Å². The number of hydrogen-bond acceptors (Lipinski definition) is 5. The molecule has 1 N–H and O–H groups in total. The van der Waals surface area contributed by atoms with Gasteiger partial charge in [0.2, 0.25) is 15.9 Å². The molecule has 1 atom stereocenters. The molecule has 1 aromatic carbocycles. The number of likely N-dealkylation sites (tertiary alicyclic amines) is 1. The first-order chi connectivity index (χ1) is 15.0. The summed E-state index contributed by atoms with van der Waals surface area (Å²) in [5.41, 5.74) is 0.869. The van der Waals surface area contributed by atoms with E-state index in [2.05, 4.69) is 27.3 Å². The third-order valence-corrected chi connectivity index (χ3v) is 8.58. The van der Waals surface area contributed by atoms with Crippen LogP contribution in [0.2, 0.25) is 0 Å². The van der Waals surface area contributed by atoms with Crippen LogP contribution >= 0.6 is 0 Å². The van der Waals surface area contributed by atoms with Gasteiger partial charge in [-0.25, -0.2) is 8.42 Å². The van der Waals surface area contributed by atoms with Crippen molar-refractivity contribution in [3.05, 3.63) is 60.4 Å². The Labute approximate surface area is 183 Å². The van der Waals surface area contributed by atoms with E-state index in [0.717, 1.165) is 19.6 Å². The summed E-state index contributed by atoms with van der Waals surface area (Å²) < 4.78 is 27.5. The first-order valence-corrected chi connectivity index (χ1v) is 12.3. The molecule has 1 spiro atoms. The van der Waals surface area contributed by atoms with Crippen LogP contribution in [0.25, 0.3) is 0 Å². The normalized spacial score (nSPS) is 23.5. The highest BCUT2D eigenvalue weighted by Gasteiger charge is 2.59. The summed E-state index contributed by atoms with van der Waals surface area (Å²) >= 11 is 0. The van der Waals surface area contributed by atoms with Gasteiger partial charge in [-0.05, 0) is 36.5 Å². The van der Waals surface area contributed by atoms with Gasteiger partial charge in [-0.3, -0.25) is 14.7 Å². The van der Waals surface area contributed by atoms with Crippen molar-refractivity contribution in [1.29, 1.82) is 0 Å². The Morgan fingerprint density at radius 2 is 1.87 bits per heavy atom. The number of pyridine rings is 1. The van der Waals surface area contributed by atoms with Crippen molar-refractivity contribution in [3.8, 4) is 0 Å². The van der Waals surface area contributed by atoms with Crippen LogP contribution in [0.1, 0.15) is 18.4 Å². The average Bonchev–Trinajstić information content (AvgIpc) is 3.51. The molecule has 5 rings (SSSR count). The standard InChI is InChI=1S/C23H28N4O3S/c28-22(25-11-18-8-9-18)21-14-26(13-19-5-2-1-3-6-19)15-23(21)16-27(17-23)31(29,30)20-7-4-10-24-12-20/h1-7,10,12,18,21H,8-9,11,13-17H2,(H,25,28). The molecule has 3 aliphatic rings. The Bertz CT molecular complexity index is 1040. The Hall–Kier alpha value is -2.29. The predicted molar refractivity (Wildman–Crippen MR) is 116 cm³/mol. The molecule has 2 aliphatic heterocycles. The van der Waals surface area contributed by atoms with Crippen LogP contribution in [0.15, 0.2) is 59.8 Å². The van der Waals surface area contributed by atoms with Crippen LogP contribution in [0.3, 0.4) is 0 Å². The second-order valence-corrected chi connectivity index (χ2v) is 11.2. The average molecular weight is 441 g/mol. The molecule has 31 heavy (non-hydrogen) atoms. The van der Waals surface area contributed by atoms with Crippen molar-refractivity contribution >= 4 is 15.9 Å². The maximum absolute atomic E-state index is 13.1. The highest BCUT2D eigenvalue weighted by atomic mass is 32.2. The Morgan fingerprint density at radius 1 is 1.10 bits per heavy atom. The molecule has 1 aromatic heterocycles. The zero-order valence-corrected chi connectivity index (χ0v) is 18.3. The van der Waals surface area contributed by atoms with Gasteiger partial charge in [0, 0.05) is 57.1 Å². The van der Waals surface area contributed by atoms with Gasteiger partial charge in [0.25, 0.3) is 0 Å². The van der Waals surface area contributed by atoms with Crippen molar-refractivity contribution in [2.24, 2.45) is 17.3 Å². The van der Waals surface area contributed by atoms with Gasteiger partial charge >= 0.3 is 0 Å². The fraction of sp³-hybridized carbons (Fsp3) is 0.478. The molecule has 164 valence electrons. The third-order valence-electron chi connectivity index (χ3n) is 6.80. The zero-order chi connectivity index (χ0) is 21.5. The molecule has 3 heterocycles. The van der Waals surface area contributed by atoms with Gasteiger partial charge in [-0.1, -0.05) is 30.3 Å². The molecular weight excluding hydrogens is 412 g/mol. The van der Waals surface area contributed by atoms with Crippen LogP contribution in [-0.4, -0.2) is 61.2 Å². The first-order valence-electron chi connectivity index (χ1n) is 10.9. The molecule has 1 aliphatic carbocycles. The van der Waals surface area contributed by atoms with E-state index >= 15 is 0 Å². The van der Waals surface area contributed by atoms with E-state index in [9.17, 15) is 13.2 Å². The van der Waals surface area contributed by atoms with Crippen LogP contribution in [0.4, 0.5) is 0 Å². The quantitative estimate of drug-likeness (QED) is 0.709. The lowest BCUT2D eigenvalue weighted by Crippen LogP contribution is -2.63. The van der Waals surface area contributed by atoms with Gasteiger partial charge in [0.05, 0.1) is 5.92 Å². The number of sulfonamides is 1. The lowest BCUT2D eigenvalue weighted by Gasteiger charge is -2.49. The van der Waals surface area contributed by atoms with Gasteiger partial charge < -0.3 is 5.32 Å². The SMILES string of the molecule is O=C(NCC1CC1)C1CN(Cc2ccccc2)CC12CN(S(=O)(=O)c1cccnc1)C2. The van der Waals surface area contributed by atoms with Crippen LogP contribution in [0, 0.1) is 17.3 Å². The molecule has 8 heteroatoms. The zero-order valence-electron chi connectivity index (χ0n) is 17.5. The summed E-state index contributed by atoms with van der Waals surface area (Å²) in [4.78, 5) is 19.5. The topological polar surface area (TPSA) is 82.6 Å². The van der Waals surface area contributed by atoms with E-state index in [4.69, 9.17) is 0 Å². The molecule has 0 bridgehead atoms. The van der Waals surface area contributed by atoms with Crippen molar-refractivity contribution < 1.29 is 13.2 Å². The van der Waals surface area contributed by atoms with E-state index in [1.807, 2.05) is 18.2 Å². The molecule has 2 aromatic rings. The Kier molecular flexibility index (Phi) is 5.32. The number of carbonyl (C=O) groups is 1. The van der Waals surface area contributed by atoms with Gasteiger partial charge in [-0.2, -0.15) is 4.31 Å². The fourth-order valence-corrected chi connectivity index (χ4v) is 6.48. The highest BCUT2D eigenvalue weighted by molar-refractivity contribution is 7.89. The number of aromatic nitrogens is 1. The second-order valence-electron chi connectivity index (χ2n) is 9.22. The van der Waals surface area contributed by atoms with E-state index in [-0.39, 0.29) is 22.1 Å². The van der Waals surface area contributed by atoms with Crippen molar-refractivity contribution in [2.45, 2.75) is 24.3 Å². The molecule has 1 saturated carbocycles. The second kappa shape index (κ2) is 8.00. The number of nitrogens with zero attached hydrogens (tertiary/aromatic N) is 3. The summed E-state index contributed by atoms with van der Waals surface area (Å²) in [7, 11) is -3.59. The van der Waals surface area contributed by atoms with Crippen LogP contribution in [-0.2, 0) is 21.4 Å². The molecule has 3 fully saturated rings. The number of benzene rings is 1. The molecule has 1 amide bonds. The number of rotatable bonds is 7. The summed E-state index contributed by atoms with van der Waals surface area (Å²) in [6, 6.07) is 13.4. The minimum atomic E-state index is -3.59. The highest BCUT2D eigenvalue weighted by Crippen LogP contribution is 2.46. The smallest absolute Gasteiger partial charge is 0.244 e. The Morgan fingerprint density at radius 3 is 2.55 bits per heavy atom. The minimum Gasteiger partial charge on any atom is -0.356 e. The summed E-state index contributed by atoms with van der Waals surface area (Å²) in [5, 5.41) is 3.14. The summed E-state index contributed by atoms with van der Waals surface area (Å²) in [5.74, 6) is 0.488. The lowest BCUT2D eigenvalue weighted by atomic mass is 9.72. The molecule has 0 radical (unpaired) electrons. The van der Waals surface area contributed by atoms with Crippen LogP contribution in [0.5, 0.6) is 0 Å². The van der Waals surface area contributed by atoms with E-state index in [0.29, 0.717) is 25.6 Å². The number of carbonyl (C=O) groups excluding carboxylic acids is 1. The van der Waals surface area contributed by atoms with Crippen molar-refractivity contribution in [1.82, 2.24) is 19.5 Å². The number of nitrogens with one attached hydrogen (secondary N) is 1. The monoisotopic (exact) mass is 440 g/mol. The lowest BCUT2D eigenvalue weighted by molar-refractivity contribution is -0.130. The Balaban J connectivity index is 1.32. The maximum atomic E-state index is 13.1. The number of amides is 1.